The Balaban J connectivity index is 1.63. The molecule has 0 aromatic heterocycles. The minimum Gasteiger partial charge on any atom is -0.130 e. The van der Waals surface area contributed by atoms with Crippen molar-refractivity contribution in [1.82, 2.24) is 0 Å². The van der Waals surface area contributed by atoms with Crippen molar-refractivity contribution in [3.8, 4) is 0 Å². The molecule has 4 atom stereocenters. The van der Waals surface area contributed by atoms with Crippen molar-refractivity contribution in [2.75, 3.05) is 0 Å². The molecule has 4 rings (SSSR count). The minimum absolute atomic E-state index is 0.651. The Morgan fingerprint density at radius 1 is 0.650 bits per heavy atom. The van der Waals surface area contributed by atoms with E-state index >= 15 is 0 Å². The lowest BCUT2D eigenvalue weighted by molar-refractivity contribution is 0.0438. The number of fused-ring (bicyclic) bond motifs is 2. The van der Waals surface area contributed by atoms with Crippen molar-refractivity contribution < 1.29 is 0 Å². The van der Waals surface area contributed by atoms with E-state index in [1.54, 1.807) is 51.4 Å². The van der Waals surface area contributed by atoms with E-state index in [4.69, 9.17) is 0 Å². The number of rotatable bonds is 2. The summed E-state index contributed by atoms with van der Waals surface area (Å²) in [7, 11) is 3.51. The van der Waals surface area contributed by atoms with Gasteiger partial charge in [-0.15, -0.1) is 9.24 Å². The Morgan fingerprint density at radius 3 is 1.85 bits per heavy atom. The van der Waals surface area contributed by atoms with Gasteiger partial charge >= 0.3 is 0 Å². The van der Waals surface area contributed by atoms with Crippen LogP contribution in [0.5, 0.6) is 0 Å². The largest absolute Gasteiger partial charge is 0.130 e. The highest BCUT2D eigenvalue weighted by Crippen LogP contribution is 2.71. The molecule has 1 heteroatoms. The number of hydrogen-bond acceptors (Lipinski definition) is 0. The summed E-state index contributed by atoms with van der Waals surface area (Å²) in [6.07, 6.45) is 21.7. The molecule has 0 radical (unpaired) electrons. The summed E-state index contributed by atoms with van der Waals surface area (Å²) in [6.45, 7) is 0. The van der Waals surface area contributed by atoms with Crippen LogP contribution in [0.15, 0.2) is 0 Å². The normalized spacial score (nSPS) is 47.0. The molecule has 4 aliphatic rings. The average molecular weight is 292 g/mol. The maximum Gasteiger partial charge on any atom is -0.00605 e. The van der Waals surface area contributed by atoms with Gasteiger partial charge in [-0.1, -0.05) is 38.5 Å². The van der Waals surface area contributed by atoms with Gasteiger partial charge in [0.05, 0.1) is 0 Å². The van der Waals surface area contributed by atoms with Gasteiger partial charge in [-0.05, 0) is 79.7 Å². The average Bonchev–Trinajstić information content (AvgIpc) is 3.06. The predicted octanol–water partition coefficient (Wildman–Crippen LogP) is 5.95. The smallest absolute Gasteiger partial charge is 0.00605 e. The van der Waals surface area contributed by atoms with Gasteiger partial charge in [-0.25, -0.2) is 0 Å². The summed E-state index contributed by atoms with van der Waals surface area (Å²) in [4.78, 5) is 0. The maximum atomic E-state index is 3.51. The Morgan fingerprint density at radius 2 is 1.25 bits per heavy atom. The van der Waals surface area contributed by atoms with Gasteiger partial charge in [0.25, 0.3) is 0 Å². The monoisotopic (exact) mass is 292 g/mol. The molecule has 0 aromatic rings. The third-order valence-electron chi connectivity index (χ3n) is 7.93. The van der Waals surface area contributed by atoms with Crippen LogP contribution in [0.3, 0.4) is 0 Å². The standard InChI is InChI=1S/C19H33P/c20-19(17-9-5-2-6-10-17)14-15-11-12-18(19,13-15)16-7-3-1-4-8-16/h15-17H,1-14,20H2. The summed E-state index contributed by atoms with van der Waals surface area (Å²) < 4.78 is 0. The van der Waals surface area contributed by atoms with Crippen molar-refractivity contribution in [3.05, 3.63) is 0 Å². The molecule has 0 N–H and O–H groups in total. The van der Waals surface area contributed by atoms with Crippen LogP contribution in [0.4, 0.5) is 0 Å². The molecular weight excluding hydrogens is 259 g/mol. The van der Waals surface area contributed by atoms with E-state index in [2.05, 4.69) is 9.24 Å². The molecule has 0 nitrogen and oxygen atoms in total. The maximum absolute atomic E-state index is 3.51. The topological polar surface area (TPSA) is 0 Å². The van der Waals surface area contributed by atoms with E-state index in [-0.39, 0.29) is 0 Å². The van der Waals surface area contributed by atoms with E-state index in [0.29, 0.717) is 5.16 Å². The van der Waals surface area contributed by atoms with Crippen LogP contribution in [0.25, 0.3) is 0 Å². The first-order valence-corrected chi connectivity index (χ1v) is 10.1. The molecule has 114 valence electrons. The second kappa shape index (κ2) is 5.26. The van der Waals surface area contributed by atoms with Crippen molar-refractivity contribution in [1.29, 1.82) is 0 Å². The Labute approximate surface area is 128 Å². The fourth-order valence-electron chi connectivity index (χ4n) is 7.06. The van der Waals surface area contributed by atoms with Crippen LogP contribution in [-0.4, -0.2) is 5.16 Å². The Hall–Kier alpha value is 0.430. The summed E-state index contributed by atoms with van der Waals surface area (Å²) >= 11 is 0. The SMILES string of the molecule is PC1(C2CCCCC2)CC2CCC1(C1CCCCC1)C2. The molecule has 20 heavy (non-hydrogen) atoms. The molecule has 0 aliphatic heterocycles. The van der Waals surface area contributed by atoms with Gasteiger partial charge in [0.1, 0.15) is 0 Å². The third-order valence-corrected chi connectivity index (χ3v) is 9.21. The van der Waals surface area contributed by atoms with E-state index in [1.807, 2.05) is 0 Å². The molecule has 4 unspecified atom stereocenters. The highest BCUT2D eigenvalue weighted by molar-refractivity contribution is 7.19. The van der Waals surface area contributed by atoms with Crippen molar-refractivity contribution in [3.63, 3.8) is 0 Å². The molecule has 0 spiro atoms. The molecule has 2 bridgehead atoms. The van der Waals surface area contributed by atoms with E-state index in [9.17, 15) is 0 Å². The van der Waals surface area contributed by atoms with Crippen LogP contribution in [0.2, 0.25) is 0 Å². The first-order valence-electron chi connectivity index (χ1n) is 9.53. The van der Waals surface area contributed by atoms with Gasteiger partial charge < -0.3 is 0 Å². The molecular formula is C19H33P. The van der Waals surface area contributed by atoms with Crippen LogP contribution in [0, 0.1) is 23.2 Å². The van der Waals surface area contributed by atoms with Gasteiger partial charge in [-0.3, -0.25) is 0 Å². The van der Waals surface area contributed by atoms with Crippen molar-refractivity contribution in [2.24, 2.45) is 23.2 Å². The molecule has 0 heterocycles. The highest BCUT2D eigenvalue weighted by Gasteiger charge is 2.63. The van der Waals surface area contributed by atoms with E-state index in [0.717, 1.165) is 23.2 Å². The zero-order valence-electron chi connectivity index (χ0n) is 13.2. The predicted molar refractivity (Wildman–Crippen MR) is 90.0 cm³/mol. The van der Waals surface area contributed by atoms with Crippen LogP contribution < -0.4 is 0 Å². The van der Waals surface area contributed by atoms with E-state index in [1.165, 1.54) is 38.5 Å². The Bertz CT molecular complexity index is 351. The summed E-state index contributed by atoms with van der Waals surface area (Å²) in [5.41, 5.74) is 0.755. The zero-order chi connectivity index (χ0) is 13.6. The van der Waals surface area contributed by atoms with Crippen molar-refractivity contribution >= 4 is 9.24 Å². The van der Waals surface area contributed by atoms with E-state index < -0.39 is 0 Å². The van der Waals surface area contributed by atoms with Gasteiger partial charge in [0, 0.05) is 0 Å². The first kappa shape index (κ1) is 14.0. The molecule has 0 saturated heterocycles. The van der Waals surface area contributed by atoms with Crippen LogP contribution >= 0.6 is 9.24 Å². The fourth-order valence-corrected chi connectivity index (χ4v) is 8.22. The second-order valence-electron chi connectivity index (χ2n) is 8.68. The molecule has 0 aromatic carbocycles. The number of hydrogen-bond donors (Lipinski definition) is 0. The lowest BCUT2D eigenvalue weighted by Gasteiger charge is -2.55. The highest BCUT2D eigenvalue weighted by atomic mass is 31.0. The lowest BCUT2D eigenvalue weighted by Crippen LogP contribution is -2.50. The van der Waals surface area contributed by atoms with Crippen LogP contribution in [-0.2, 0) is 0 Å². The third kappa shape index (κ3) is 1.96. The molecule has 4 fully saturated rings. The molecule has 4 aliphatic carbocycles. The summed E-state index contributed by atoms with van der Waals surface area (Å²) in [5.74, 6) is 3.23. The van der Waals surface area contributed by atoms with Gasteiger partial charge in [-0.2, -0.15) is 0 Å². The van der Waals surface area contributed by atoms with Gasteiger partial charge in [0.15, 0.2) is 0 Å². The minimum atomic E-state index is 0.651. The second-order valence-corrected chi connectivity index (χ2v) is 9.71. The summed E-state index contributed by atoms with van der Waals surface area (Å²) in [5, 5.41) is 0.651. The first-order chi connectivity index (χ1) is 9.75. The molecule has 4 saturated carbocycles. The quantitative estimate of drug-likeness (QED) is 0.552. The molecule has 0 amide bonds. The Kier molecular flexibility index (Phi) is 3.69. The zero-order valence-corrected chi connectivity index (χ0v) is 14.4. The van der Waals surface area contributed by atoms with Gasteiger partial charge in [0.2, 0.25) is 0 Å². The van der Waals surface area contributed by atoms with Crippen molar-refractivity contribution in [2.45, 2.75) is 95.0 Å². The summed E-state index contributed by atoms with van der Waals surface area (Å²) in [6, 6.07) is 0. The lowest BCUT2D eigenvalue weighted by atomic mass is 9.57. The fraction of sp³-hybridized carbons (Fsp3) is 1.00. The van der Waals surface area contributed by atoms with Crippen LogP contribution in [0.1, 0.15) is 89.9 Å².